The molecule has 8 nitrogen and oxygen atoms in total. The summed E-state index contributed by atoms with van der Waals surface area (Å²) in [5.74, 6) is 0.255. The van der Waals surface area contributed by atoms with Crippen LogP contribution in [0.4, 0.5) is 5.69 Å². The molecule has 1 aromatic carbocycles. The van der Waals surface area contributed by atoms with E-state index in [9.17, 15) is 10.1 Å². The highest BCUT2D eigenvalue weighted by atomic mass is 79.9. The molecule has 1 aromatic heterocycles. The second-order valence-corrected chi connectivity index (χ2v) is 5.52. The van der Waals surface area contributed by atoms with Crippen LogP contribution < -0.4 is 9.47 Å². The summed E-state index contributed by atoms with van der Waals surface area (Å²) in [6.07, 6.45) is 0. The number of rotatable bonds is 4. The van der Waals surface area contributed by atoms with Crippen molar-refractivity contribution in [3.63, 3.8) is 0 Å². The van der Waals surface area contributed by atoms with E-state index in [2.05, 4.69) is 46.8 Å². The van der Waals surface area contributed by atoms with Gasteiger partial charge >= 0.3 is 12.0 Å². The summed E-state index contributed by atoms with van der Waals surface area (Å²) >= 11 is 12.1. The third-order valence-corrected chi connectivity index (χ3v) is 3.48. The van der Waals surface area contributed by atoms with Gasteiger partial charge in [-0.1, -0.05) is 0 Å². The summed E-state index contributed by atoms with van der Waals surface area (Å²) in [5.41, 5.74) is -0.104. The zero-order valence-electron chi connectivity index (χ0n) is 10.2. The molecule has 0 aliphatic carbocycles. The highest BCUT2D eigenvalue weighted by molar-refractivity contribution is 9.11. The van der Waals surface area contributed by atoms with Crippen molar-refractivity contribution in [2.45, 2.75) is 0 Å². The first-order valence-electron chi connectivity index (χ1n) is 5.17. The van der Waals surface area contributed by atoms with Gasteiger partial charge in [0.25, 0.3) is 5.69 Å². The molecule has 11 heteroatoms. The van der Waals surface area contributed by atoms with Gasteiger partial charge in [-0.3, -0.25) is 10.1 Å². The molecule has 0 atom stereocenters. The average Bonchev–Trinajstić information content (AvgIpc) is 2.41. The minimum atomic E-state index is -0.526. The average molecular weight is 440 g/mol. The largest absolute Gasteiger partial charge is 0.467 e. The maximum atomic E-state index is 10.8. The van der Waals surface area contributed by atoms with Crippen LogP contribution in [0.1, 0.15) is 0 Å². The van der Waals surface area contributed by atoms with Crippen LogP contribution in [0.25, 0.3) is 0 Å². The number of ether oxygens (including phenoxy) is 2. The van der Waals surface area contributed by atoms with Crippen molar-refractivity contribution in [3.8, 4) is 17.8 Å². The van der Waals surface area contributed by atoms with Crippen LogP contribution in [-0.2, 0) is 0 Å². The Labute approximate surface area is 139 Å². The van der Waals surface area contributed by atoms with E-state index >= 15 is 0 Å². The highest BCUT2D eigenvalue weighted by Crippen LogP contribution is 2.39. The van der Waals surface area contributed by atoms with E-state index in [0.717, 1.165) is 0 Å². The third-order valence-electron chi connectivity index (χ3n) is 2.14. The topological polar surface area (TPSA) is 100 Å². The summed E-state index contributed by atoms with van der Waals surface area (Å²) in [7, 11) is 1.37. The van der Waals surface area contributed by atoms with Gasteiger partial charge in [0.15, 0.2) is 5.75 Å². The van der Waals surface area contributed by atoms with Gasteiger partial charge in [0.1, 0.15) is 0 Å². The lowest BCUT2D eigenvalue weighted by molar-refractivity contribution is -0.385. The number of benzene rings is 1. The second-order valence-electron chi connectivity index (χ2n) is 3.47. The summed E-state index contributed by atoms with van der Waals surface area (Å²) in [6, 6.07) is 2.46. The first kappa shape index (κ1) is 15.9. The third kappa shape index (κ3) is 3.77. The Balaban J connectivity index is 2.40. The number of halogens is 3. The van der Waals surface area contributed by atoms with E-state index in [1.165, 1.54) is 19.2 Å². The maximum absolute atomic E-state index is 10.8. The van der Waals surface area contributed by atoms with E-state index in [0.29, 0.717) is 8.95 Å². The highest BCUT2D eigenvalue weighted by Gasteiger charge is 2.17. The fourth-order valence-corrected chi connectivity index (χ4v) is 2.76. The van der Waals surface area contributed by atoms with Gasteiger partial charge in [-0.25, -0.2) is 0 Å². The zero-order valence-corrected chi connectivity index (χ0v) is 14.1. The Morgan fingerprint density at radius 1 is 1.19 bits per heavy atom. The minimum Gasteiger partial charge on any atom is -0.467 e. The van der Waals surface area contributed by atoms with Crippen molar-refractivity contribution in [3.05, 3.63) is 36.5 Å². The van der Waals surface area contributed by atoms with Crippen molar-refractivity contribution < 1.29 is 14.4 Å². The van der Waals surface area contributed by atoms with Crippen LogP contribution >= 0.6 is 43.5 Å². The van der Waals surface area contributed by atoms with Crippen LogP contribution in [0.15, 0.2) is 21.1 Å². The molecule has 2 rings (SSSR count). The fraction of sp³-hybridized carbons (Fsp3) is 0.100. The molecule has 2 aromatic rings. The van der Waals surface area contributed by atoms with Crippen LogP contribution in [-0.4, -0.2) is 27.0 Å². The number of aromatic nitrogens is 3. The van der Waals surface area contributed by atoms with Crippen molar-refractivity contribution in [1.29, 1.82) is 0 Å². The lowest BCUT2D eigenvalue weighted by Crippen LogP contribution is -1.99. The number of nitrogens with zero attached hydrogens (tertiary/aromatic N) is 4. The van der Waals surface area contributed by atoms with E-state index in [1.54, 1.807) is 0 Å². The van der Waals surface area contributed by atoms with Crippen molar-refractivity contribution >= 4 is 49.1 Å². The van der Waals surface area contributed by atoms with E-state index in [1.807, 2.05) is 0 Å². The lowest BCUT2D eigenvalue weighted by atomic mass is 10.3. The first-order chi connectivity index (χ1) is 9.90. The van der Waals surface area contributed by atoms with Crippen LogP contribution in [0, 0.1) is 10.1 Å². The summed E-state index contributed by atoms with van der Waals surface area (Å²) in [5, 5.41) is 10.7. The molecule has 0 saturated carbocycles. The summed E-state index contributed by atoms with van der Waals surface area (Å²) < 4.78 is 11.0. The Bertz CT molecular complexity index is 692. The van der Waals surface area contributed by atoms with E-state index in [4.69, 9.17) is 21.1 Å². The molecule has 110 valence electrons. The van der Waals surface area contributed by atoms with E-state index in [-0.39, 0.29) is 28.7 Å². The molecule has 0 bridgehead atoms. The van der Waals surface area contributed by atoms with Gasteiger partial charge in [-0.2, -0.15) is 9.97 Å². The van der Waals surface area contributed by atoms with Gasteiger partial charge < -0.3 is 9.47 Å². The van der Waals surface area contributed by atoms with Crippen molar-refractivity contribution in [1.82, 2.24) is 15.0 Å². The molecule has 0 aliphatic heterocycles. The Morgan fingerprint density at radius 3 is 2.29 bits per heavy atom. The molecule has 0 amide bonds. The number of nitro groups is 1. The van der Waals surface area contributed by atoms with Crippen molar-refractivity contribution in [2.24, 2.45) is 0 Å². The Kier molecular flexibility index (Phi) is 4.91. The number of methoxy groups -OCH3 is 1. The van der Waals surface area contributed by atoms with Crippen LogP contribution in [0.5, 0.6) is 17.8 Å². The summed E-state index contributed by atoms with van der Waals surface area (Å²) in [6.45, 7) is 0. The number of hydrogen-bond acceptors (Lipinski definition) is 7. The zero-order chi connectivity index (χ0) is 15.6. The molecule has 0 spiro atoms. The predicted molar refractivity (Wildman–Crippen MR) is 80.0 cm³/mol. The fourth-order valence-electron chi connectivity index (χ4n) is 1.29. The van der Waals surface area contributed by atoms with E-state index < -0.39 is 4.92 Å². The standard InChI is InChI=1S/C10H5Br2ClN4O4/c1-20-9-14-8(13)15-10(16-9)21-7-5(11)2-4(17(18)19)3-6(7)12/h2-3H,1H3. The Morgan fingerprint density at radius 2 is 1.76 bits per heavy atom. The van der Waals surface area contributed by atoms with Crippen LogP contribution in [0.3, 0.4) is 0 Å². The smallest absolute Gasteiger partial charge is 0.329 e. The first-order valence-corrected chi connectivity index (χ1v) is 7.14. The second kappa shape index (κ2) is 6.50. The summed E-state index contributed by atoms with van der Waals surface area (Å²) in [4.78, 5) is 21.6. The van der Waals surface area contributed by atoms with Gasteiger partial charge in [-0.05, 0) is 43.5 Å². The SMILES string of the molecule is COc1nc(Cl)nc(Oc2c(Br)cc([N+](=O)[O-])cc2Br)n1. The molecular weight excluding hydrogens is 435 g/mol. The molecule has 0 unspecified atom stereocenters. The van der Waals surface area contributed by atoms with Crippen LogP contribution in [0.2, 0.25) is 5.28 Å². The van der Waals surface area contributed by atoms with Crippen molar-refractivity contribution in [2.75, 3.05) is 7.11 Å². The van der Waals surface area contributed by atoms with Gasteiger partial charge in [0, 0.05) is 12.1 Å². The molecule has 0 saturated heterocycles. The molecular formula is C10H5Br2ClN4O4. The predicted octanol–water partition coefficient (Wildman–Crippen LogP) is 3.76. The maximum Gasteiger partial charge on any atom is 0.329 e. The number of non-ortho nitro benzene ring substituents is 1. The monoisotopic (exact) mass is 438 g/mol. The molecule has 1 heterocycles. The minimum absolute atomic E-state index is 0.0147. The van der Waals surface area contributed by atoms with Gasteiger partial charge in [0.2, 0.25) is 5.28 Å². The number of nitro benzene ring substituents is 1. The number of hydrogen-bond donors (Lipinski definition) is 0. The molecule has 0 radical (unpaired) electrons. The lowest BCUT2D eigenvalue weighted by Gasteiger charge is -2.08. The quantitative estimate of drug-likeness (QED) is 0.527. The molecule has 0 fully saturated rings. The molecule has 0 N–H and O–H groups in total. The molecule has 21 heavy (non-hydrogen) atoms. The molecule has 0 aliphatic rings. The Hall–Kier alpha value is -1.52. The normalized spacial score (nSPS) is 10.3. The van der Waals surface area contributed by atoms with Gasteiger partial charge in [0.05, 0.1) is 21.0 Å². The van der Waals surface area contributed by atoms with Gasteiger partial charge in [-0.15, -0.1) is 4.98 Å².